The Kier molecular flexibility index (Phi) is 7.42. The van der Waals surface area contributed by atoms with Crippen LogP contribution in [0, 0.1) is 6.92 Å². The number of halogens is 1. The second kappa shape index (κ2) is 5.83. The second-order valence-corrected chi connectivity index (χ2v) is 1.79. The van der Waals surface area contributed by atoms with Gasteiger partial charge >= 0.3 is 23.1 Å². The molecule has 0 aliphatic heterocycles. The monoisotopic (exact) mass is 167 g/mol. The fourth-order valence-electron chi connectivity index (χ4n) is 0.563. The van der Waals surface area contributed by atoms with Crippen LogP contribution in [-0.4, -0.2) is 28.2 Å². The quantitative estimate of drug-likeness (QED) is 0.459. The Bertz CT molecular complexity index is 170. The van der Waals surface area contributed by atoms with Gasteiger partial charge in [0.2, 0.25) is 0 Å². The molecule has 1 aromatic rings. The topological polar surface area (TPSA) is 20.2 Å². The van der Waals surface area contributed by atoms with E-state index in [4.69, 9.17) is 5.11 Å². The number of aryl methyl sites for hydroxylation is 1. The van der Waals surface area contributed by atoms with Crippen molar-refractivity contribution < 1.29 is 17.5 Å². The van der Waals surface area contributed by atoms with Crippen molar-refractivity contribution in [2.75, 3.05) is 0 Å². The van der Waals surface area contributed by atoms with Gasteiger partial charge in [0.15, 0.2) is 0 Å². The van der Waals surface area contributed by atoms with E-state index in [1.165, 1.54) is 0 Å². The first-order chi connectivity index (χ1) is 3.80. The summed E-state index contributed by atoms with van der Waals surface area (Å²) in [6.07, 6.45) is 0. The third-order valence-corrected chi connectivity index (χ3v) is 1.12. The molecule has 0 amide bonds. The van der Waals surface area contributed by atoms with Gasteiger partial charge in [0.1, 0.15) is 5.75 Å². The number of phenols is 1. The van der Waals surface area contributed by atoms with Crippen molar-refractivity contribution in [2.45, 2.75) is 6.92 Å². The average molecular weight is 168 g/mol. The molecule has 1 aromatic carbocycles. The van der Waals surface area contributed by atoms with Crippen LogP contribution in [0.25, 0.3) is 0 Å². The number of phenolic OH excluding ortho intramolecular Hbond substituents is 1. The smallest absolute Gasteiger partial charge is 1.00 e. The van der Waals surface area contributed by atoms with E-state index in [-0.39, 0.29) is 35.5 Å². The summed E-state index contributed by atoms with van der Waals surface area (Å²) < 4.78 is 0. The molecule has 10 heavy (non-hydrogen) atoms. The van der Waals surface area contributed by atoms with Gasteiger partial charge in [-0.25, -0.2) is 0 Å². The molecule has 50 valence electrons. The van der Waals surface area contributed by atoms with Gasteiger partial charge < -0.3 is 17.5 Å². The summed E-state index contributed by atoms with van der Waals surface area (Å²) >= 11 is 0. The van der Waals surface area contributed by atoms with Crippen LogP contribution in [0.1, 0.15) is 5.56 Å². The van der Waals surface area contributed by atoms with Gasteiger partial charge in [0, 0.05) is 0 Å². The number of rotatable bonds is 0. The molecule has 0 bridgehead atoms. The number of hydrogen-bond acceptors (Lipinski definition) is 1. The molecular formula is C7H8ClMgO+. The summed E-state index contributed by atoms with van der Waals surface area (Å²) in [5.74, 6) is 0.368. The number of para-hydroxylation sites is 1. The Labute approximate surface area is 83.0 Å². The van der Waals surface area contributed by atoms with Gasteiger partial charge in [0.25, 0.3) is 0 Å². The third-order valence-electron chi connectivity index (χ3n) is 1.12. The summed E-state index contributed by atoms with van der Waals surface area (Å²) in [7, 11) is 0. The normalized spacial score (nSPS) is 7.30. The summed E-state index contributed by atoms with van der Waals surface area (Å²) in [5.41, 5.74) is 0.924. The molecule has 0 aliphatic rings. The zero-order valence-electron chi connectivity index (χ0n) is 5.84. The first kappa shape index (κ1) is 12.7. The summed E-state index contributed by atoms with van der Waals surface area (Å²) in [5, 5.41) is 8.92. The van der Waals surface area contributed by atoms with Gasteiger partial charge in [-0.05, 0) is 18.6 Å². The van der Waals surface area contributed by atoms with Crippen LogP contribution in [0.15, 0.2) is 24.3 Å². The van der Waals surface area contributed by atoms with Crippen molar-refractivity contribution in [1.82, 2.24) is 0 Å². The first-order valence-electron chi connectivity index (χ1n) is 2.55. The summed E-state index contributed by atoms with van der Waals surface area (Å²) in [4.78, 5) is 0. The molecule has 0 saturated heterocycles. The Morgan fingerprint density at radius 2 is 1.70 bits per heavy atom. The SMILES string of the molecule is Cc1ccccc1O.[Cl-].[Mg+2]. The molecule has 0 saturated carbocycles. The molecular weight excluding hydrogens is 160 g/mol. The van der Waals surface area contributed by atoms with E-state index in [2.05, 4.69) is 0 Å². The number of aromatic hydroxyl groups is 1. The Balaban J connectivity index is 0. The zero-order chi connectivity index (χ0) is 5.98. The van der Waals surface area contributed by atoms with Crippen LogP contribution in [0.2, 0.25) is 0 Å². The van der Waals surface area contributed by atoms with Crippen molar-refractivity contribution >= 4 is 23.1 Å². The van der Waals surface area contributed by atoms with Gasteiger partial charge in [0.05, 0.1) is 0 Å². The predicted molar refractivity (Wildman–Crippen MR) is 38.6 cm³/mol. The molecule has 0 spiro atoms. The molecule has 0 unspecified atom stereocenters. The van der Waals surface area contributed by atoms with Crippen LogP contribution < -0.4 is 12.4 Å². The van der Waals surface area contributed by atoms with Crippen molar-refractivity contribution in [3.63, 3.8) is 0 Å². The Hall–Kier alpha value is 0.0762. The maximum atomic E-state index is 8.92. The predicted octanol–water partition coefficient (Wildman–Crippen LogP) is -1.68. The summed E-state index contributed by atoms with van der Waals surface area (Å²) in [6.45, 7) is 1.87. The molecule has 0 aromatic heterocycles. The van der Waals surface area contributed by atoms with E-state index in [9.17, 15) is 0 Å². The van der Waals surface area contributed by atoms with E-state index in [1.54, 1.807) is 6.07 Å². The third kappa shape index (κ3) is 3.30. The largest absolute Gasteiger partial charge is 2.00 e. The van der Waals surface area contributed by atoms with Gasteiger partial charge in [-0.2, -0.15) is 0 Å². The van der Waals surface area contributed by atoms with Crippen LogP contribution >= 0.6 is 0 Å². The van der Waals surface area contributed by atoms with E-state index >= 15 is 0 Å². The minimum atomic E-state index is 0. The average Bonchev–Trinajstić information content (AvgIpc) is 1.77. The Morgan fingerprint density at radius 3 is 2.00 bits per heavy atom. The van der Waals surface area contributed by atoms with Crippen molar-refractivity contribution in [3.05, 3.63) is 29.8 Å². The fourth-order valence-corrected chi connectivity index (χ4v) is 0.563. The molecule has 1 nitrogen and oxygen atoms in total. The van der Waals surface area contributed by atoms with Gasteiger partial charge in [-0.15, -0.1) is 0 Å². The van der Waals surface area contributed by atoms with E-state index < -0.39 is 0 Å². The van der Waals surface area contributed by atoms with Crippen molar-refractivity contribution in [2.24, 2.45) is 0 Å². The molecule has 0 heterocycles. The van der Waals surface area contributed by atoms with Crippen LogP contribution in [-0.2, 0) is 0 Å². The maximum absolute atomic E-state index is 8.92. The van der Waals surface area contributed by atoms with Gasteiger partial charge in [-0.1, -0.05) is 18.2 Å². The molecule has 0 aliphatic carbocycles. The van der Waals surface area contributed by atoms with Crippen LogP contribution in [0.3, 0.4) is 0 Å². The number of hydrogen-bond donors (Lipinski definition) is 1. The van der Waals surface area contributed by atoms with Crippen molar-refractivity contribution in [1.29, 1.82) is 0 Å². The van der Waals surface area contributed by atoms with E-state index in [1.807, 2.05) is 25.1 Å². The first-order valence-corrected chi connectivity index (χ1v) is 2.55. The molecule has 1 rings (SSSR count). The van der Waals surface area contributed by atoms with Gasteiger partial charge in [-0.3, -0.25) is 0 Å². The maximum Gasteiger partial charge on any atom is 2.00 e. The second-order valence-electron chi connectivity index (χ2n) is 1.79. The summed E-state index contributed by atoms with van der Waals surface area (Å²) in [6, 6.07) is 7.25. The minimum absolute atomic E-state index is 0. The fraction of sp³-hybridized carbons (Fsp3) is 0.143. The molecule has 3 heteroatoms. The van der Waals surface area contributed by atoms with E-state index in [0.29, 0.717) is 5.75 Å². The van der Waals surface area contributed by atoms with E-state index in [0.717, 1.165) is 5.56 Å². The molecule has 0 fully saturated rings. The van der Waals surface area contributed by atoms with Crippen LogP contribution in [0.5, 0.6) is 5.75 Å². The van der Waals surface area contributed by atoms with Crippen LogP contribution in [0.4, 0.5) is 0 Å². The molecule has 1 N–H and O–H groups in total. The standard InChI is InChI=1S/C7H8O.ClH.Mg/c1-6-4-2-3-5-7(6)8;;/h2-5,8H,1H3;1H;/q;;+2/p-1. The molecule has 0 radical (unpaired) electrons. The van der Waals surface area contributed by atoms with Crippen molar-refractivity contribution in [3.8, 4) is 5.75 Å². The Morgan fingerprint density at radius 1 is 1.20 bits per heavy atom. The zero-order valence-corrected chi connectivity index (χ0v) is 8.01. The minimum Gasteiger partial charge on any atom is -1.00 e. The number of benzene rings is 1. The molecule has 0 atom stereocenters.